The molecule has 84 valence electrons. The highest BCUT2D eigenvalue weighted by atomic mass is 127. The molecule has 0 atom stereocenters. The topological polar surface area (TPSA) is 46.2 Å². The fraction of sp³-hybridized carbons (Fsp3) is 0.250. The molecule has 0 saturated heterocycles. The maximum absolute atomic E-state index is 11.6. The van der Waals surface area contributed by atoms with E-state index in [9.17, 15) is 8.42 Å². The van der Waals surface area contributed by atoms with Gasteiger partial charge >= 0.3 is 0 Å². The number of halogens is 3. The quantitative estimate of drug-likeness (QED) is 0.645. The summed E-state index contributed by atoms with van der Waals surface area (Å²) in [5.41, 5.74) is 0. The van der Waals surface area contributed by atoms with Crippen molar-refractivity contribution in [3.8, 4) is 0 Å². The molecule has 0 heterocycles. The Balaban J connectivity index is 3.00. The Morgan fingerprint density at radius 1 is 1.27 bits per heavy atom. The zero-order chi connectivity index (χ0) is 11.5. The highest BCUT2D eigenvalue weighted by molar-refractivity contribution is 14.1. The minimum atomic E-state index is -3.46. The zero-order valence-electron chi connectivity index (χ0n) is 7.50. The Hall–Kier alpha value is 0.440. The van der Waals surface area contributed by atoms with Crippen LogP contribution in [0.15, 0.2) is 23.1 Å². The maximum Gasteiger partial charge on any atom is 0.240 e. The van der Waals surface area contributed by atoms with E-state index in [0.29, 0.717) is 16.0 Å². The van der Waals surface area contributed by atoms with Crippen LogP contribution in [0.5, 0.6) is 0 Å². The van der Waals surface area contributed by atoms with Crippen molar-refractivity contribution >= 4 is 55.8 Å². The Bertz CT molecular complexity index is 450. The standard InChI is InChI=1S/C8H8Cl2INO2S/c9-7-2-1-6(5-8(7)10)15(13,14)12-4-3-11/h1-2,5,12H,3-4H2. The SMILES string of the molecule is O=S(=O)(NCCI)c1ccc(Cl)c(Cl)c1. The number of nitrogens with one attached hydrogen (secondary N) is 1. The van der Waals surface area contributed by atoms with E-state index < -0.39 is 10.0 Å². The van der Waals surface area contributed by atoms with Crippen LogP contribution in [0.4, 0.5) is 0 Å². The normalized spacial score (nSPS) is 11.7. The molecule has 0 aliphatic heterocycles. The molecule has 7 heteroatoms. The van der Waals surface area contributed by atoms with Crippen LogP contribution in [0.2, 0.25) is 10.0 Å². The molecule has 1 aromatic carbocycles. The Kier molecular flexibility index (Phi) is 5.11. The zero-order valence-corrected chi connectivity index (χ0v) is 12.0. The molecule has 3 nitrogen and oxygen atoms in total. The summed E-state index contributed by atoms with van der Waals surface area (Å²) in [5.74, 6) is 0. The summed E-state index contributed by atoms with van der Waals surface area (Å²) in [7, 11) is -3.46. The van der Waals surface area contributed by atoms with Gasteiger partial charge in [-0.05, 0) is 18.2 Å². The Morgan fingerprint density at radius 3 is 2.47 bits per heavy atom. The van der Waals surface area contributed by atoms with E-state index in [2.05, 4.69) is 27.3 Å². The molecule has 0 bridgehead atoms. The minimum Gasteiger partial charge on any atom is -0.210 e. The van der Waals surface area contributed by atoms with E-state index in [4.69, 9.17) is 23.2 Å². The highest BCUT2D eigenvalue weighted by Crippen LogP contribution is 2.24. The van der Waals surface area contributed by atoms with Gasteiger partial charge in [0.1, 0.15) is 0 Å². The van der Waals surface area contributed by atoms with Crippen LogP contribution in [-0.4, -0.2) is 19.4 Å². The van der Waals surface area contributed by atoms with Gasteiger partial charge in [-0.25, -0.2) is 13.1 Å². The Labute approximate surface area is 112 Å². The van der Waals surface area contributed by atoms with Crippen molar-refractivity contribution in [3.63, 3.8) is 0 Å². The predicted octanol–water partition coefficient (Wildman–Crippen LogP) is 2.71. The van der Waals surface area contributed by atoms with E-state index >= 15 is 0 Å². The second kappa shape index (κ2) is 5.67. The molecule has 0 radical (unpaired) electrons. The summed E-state index contributed by atoms with van der Waals surface area (Å²) in [4.78, 5) is 0.127. The number of sulfonamides is 1. The van der Waals surface area contributed by atoms with Crippen molar-refractivity contribution in [2.45, 2.75) is 4.90 Å². The van der Waals surface area contributed by atoms with Gasteiger partial charge in [0.2, 0.25) is 10.0 Å². The van der Waals surface area contributed by atoms with Gasteiger partial charge in [-0.15, -0.1) is 0 Å². The van der Waals surface area contributed by atoms with Crippen molar-refractivity contribution in [1.82, 2.24) is 4.72 Å². The molecule has 0 spiro atoms. The molecular formula is C8H8Cl2INO2S. The summed E-state index contributed by atoms with van der Waals surface area (Å²) in [6.07, 6.45) is 0. The van der Waals surface area contributed by atoms with Crippen molar-refractivity contribution < 1.29 is 8.42 Å². The number of rotatable bonds is 4. The summed E-state index contributed by atoms with van der Waals surface area (Å²) in [6, 6.07) is 4.21. The molecule has 1 N–H and O–H groups in total. The number of alkyl halides is 1. The molecule has 0 aliphatic carbocycles. The van der Waals surface area contributed by atoms with Crippen LogP contribution in [-0.2, 0) is 10.0 Å². The fourth-order valence-corrected chi connectivity index (χ4v) is 2.96. The van der Waals surface area contributed by atoms with E-state index in [1.54, 1.807) is 0 Å². The summed E-state index contributed by atoms with van der Waals surface area (Å²) in [6.45, 7) is 0.392. The van der Waals surface area contributed by atoms with Crippen LogP contribution in [0.3, 0.4) is 0 Å². The third-order valence-electron chi connectivity index (χ3n) is 1.59. The van der Waals surface area contributed by atoms with Crippen LogP contribution in [0, 0.1) is 0 Å². The van der Waals surface area contributed by atoms with E-state index in [-0.39, 0.29) is 9.92 Å². The van der Waals surface area contributed by atoms with Gasteiger partial charge in [0.15, 0.2) is 0 Å². The smallest absolute Gasteiger partial charge is 0.210 e. The van der Waals surface area contributed by atoms with Gasteiger partial charge in [0.05, 0.1) is 14.9 Å². The lowest BCUT2D eigenvalue weighted by Crippen LogP contribution is -2.25. The predicted molar refractivity (Wildman–Crippen MR) is 70.5 cm³/mol. The molecular weight excluding hydrogens is 372 g/mol. The molecule has 15 heavy (non-hydrogen) atoms. The minimum absolute atomic E-state index is 0.127. The lowest BCUT2D eigenvalue weighted by atomic mass is 10.4. The van der Waals surface area contributed by atoms with E-state index in [1.165, 1.54) is 18.2 Å². The number of benzene rings is 1. The first-order valence-electron chi connectivity index (χ1n) is 3.98. The molecule has 0 aromatic heterocycles. The molecule has 0 amide bonds. The van der Waals surface area contributed by atoms with Crippen molar-refractivity contribution in [2.24, 2.45) is 0 Å². The first kappa shape index (κ1) is 13.5. The van der Waals surface area contributed by atoms with Crippen molar-refractivity contribution in [3.05, 3.63) is 28.2 Å². The third kappa shape index (κ3) is 3.74. The van der Waals surface area contributed by atoms with Crippen molar-refractivity contribution in [2.75, 3.05) is 11.0 Å². The van der Waals surface area contributed by atoms with Crippen LogP contribution in [0.1, 0.15) is 0 Å². The molecule has 0 fully saturated rings. The Morgan fingerprint density at radius 2 is 1.93 bits per heavy atom. The molecule has 1 rings (SSSR count). The third-order valence-corrected chi connectivity index (χ3v) is 4.33. The summed E-state index contributed by atoms with van der Waals surface area (Å²) in [5, 5.41) is 0.568. The fourth-order valence-electron chi connectivity index (χ4n) is 0.900. The lowest BCUT2D eigenvalue weighted by Gasteiger charge is -2.05. The highest BCUT2D eigenvalue weighted by Gasteiger charge is 2.14. The largest absolute Gasteiger partial charge is 0.240 e. The van der Waals surface area contributed by atoms with Gasteiger partial charge in [-0.2, -0.15) is 0 Å². The van der Waals surface area contributed by atoms with E-state index in [0.717, 1.165) is 0 Å². The average Bonchev–Trinajstić information content (AvgIpc) is 2.19. The van der Waals surface area contributed by atoms with Gasteiger partial charge in [-0.1, -0.05) is 45.8 Å². The van der Waals surface area contributed by atoms with Crippen LogP contribution in [0.25, 0.3) is 0 Å². The maximum atomic E-state index is 11.6. The second-order valence-corrected chi connectivity index (χ2v) is 6.32. The first-order chi connectivity index (χ1) is 6.97. The van der Waals surface area contributed by atoms with Gasteiger partial charge in [0.25, 0.3) is 0 Å². The monoisotopic (exact) mass is 379 g/mol. The number of hydrogen-bond donors (Lipinski definition) is 1. The summed E-state index contributed by atoms with van der Waals surface area (Å²) >= 11 is 13.5. The average molecular weight is 380 g/mol. The van der Waals surface area contributed by atoms with Crippen LogP contribution >= 0.6 is 45.8 Å². The van der Waals surface area contributed by atoms with Crippen LogP contribution < -0.4 is 4.72 Å². The number of hydrogen-bond acceptors (Lipinski definition) is 2. The lowest BCUT2D eigenvalue weighted by molar-refractivity contribution is 0.584. The van der Waals surface area contributed by atoms with Gasteiger partial charge < -0.3 is 0 Å². The van der Waals surface area contributed by atoms with Crippen molar-refractivity contribution in [1.29, 1.82) is 0 Å². The van der Waals surface area contributed by atoms with E-state index in [1.807, 2.05) is 0 Å². The van der Waals surface area contributed by atoms with Gasteiger partial charge in [-0.3, -0.25) is 0 Å². The molecule has 0 saturated carbocycles. The second-order valence-electron chi connectivity index (χ2n) is 2.66. The van der Waals surface area contributed by atoms with Gasteiger partial charge in [0, 0.05) is 11.0 Å². The molecule has 1 aromatic rings. The summed E-state index contributed by atoms with van der Waals surface area (Å²) < 4.78 is 26.4. The molecule has 0 unspecified atom stereocenters. The first-order valence-corrected chi connectivity index (χ1v) is 7.74. The molecule has 0 aliphatic rings.